The number of nitrogens with one attached hydrogen (secondary N) is 1. The number of carbonyl (C=O) groups excluding carboxylic acids is 1. The smallest absolute Gasteiger partial charge is 0.254 e. The third-order valence-electron chi connectivity index (χ3n) is 4.90. The lowest BCUT2D eigenvalue weighted by atomic mass is 10.0. The van der Waals surface area contributed by atoms with Crippen molar-refractivity contribution in [3.63, 3.8) is 0 Å². The molecule has 1 fully saturated rings. The molecule has 1 saturated heterocycles. The number of carbonyl (C=O) groups is 1. The summed E-state index contributed by atoms with van der Waals surface area (Å²) in [5.41, 5.74) is 4.09. The van der Waals surface area contributed by atoms with Crippen LogP contribution in [-0.2, 0) is 7.05 Å². The molecule has 3 heterocycles. The Morgan fingerprint density at radius 1 is 1.11 bits per heavy atom. The normalized spacial score (nSPS) is 14.1. The number of hydrogen-bond acceptors (Lipinski definition) is 4. The average molecular weight is 422 g/mol. The second-order valence-corrected chi connectivity index (χ2v) is 6.72. The number of benzene rings is 1. The number of pyridine rings is 1. The van der Waals surface area contributed by atoms with Gasteiger partial charge in [0, 0.05) is 32.2 Å². The van der Waals surface area contributed by atoms with Crippen molar-refractivity contribution in [3.8, 4) is 11.3 Å². The Bertz CT molecular complexity index is 950. The van der Waals surface area contributed by atoms with Gasteiger partial charge in [-0.05, 0) is 26.0 Å². The zero-order chi connectivity index (χ0) is 18.1. The summed E-state index contributed by atoms with van der Waals surface area (Å²) in [5, 5.41) is 8.71. The maximum absolute atomic E-state index is 13.3. The molecule has 1 aliphatic rings. The molecule has 1 aromatic carbocycles. The largest absolute Gasteiger partial charge is 0.337 e. The second-order valence-electron chi connectivity index (χ2n) is 6.72. The number of amides is 1. The number of hydrogen-bond donors (Lipinski definition) is 1. The van der Waals surface area contributed by atoms with Gasteiger partial charge in [0.05, 0.1) is 22.3 Å². The monoisotopic (exact) mass is 421 g/mol. The summed E-state index contributed by atoms with van der Waals surface area (Å²) >= 11 is 0. The van der Waals surface area contributed by atoms with E-state index in [0.717, 1.165) is 60.6 Å². The van der Waals surface area contributed by atoms with Gasteiger partial charge in [0.2, 0.25) is 0 Å². The number of aromatic nitrogens is 3. The van der Waals surface area contributed by atoms with Gasteiger partial charge in [-0.15, -0.1) is 24.8 Å². The molecule has 0 aliphatic carbocycles. The van der Waals surface area contributed by atoms with Crippen LogP contribution in [0.3, 0.4) is 0 Å². The molecule has 28 heavy (non-hydrogen) atoms. The number of halogens is 2. The summed E-state index contributed by atoms with van der Waals surface area (Å²) in [7, 11) is 1.88. The Kier molecular flexibility index (Phi) is 7.41. The highest BCUT2D eigenvalue weighted by Gasteiger charge is 2.23. The van der Waals surface area contributed by atoms with E-state index in [-0.39, 0.29) is 30.7 Å². The summed E-state index contributed by atoms with van der Waals surface area (Å²) in [6.45, 7) is 5.22. The SMILES string of the molecule is Cc1nn(C)c2nc(-c3ccccc3)cc(C(=O)N3CCCNCC3)c12.Cl.Cl. The van der Waals surface area contributed by atoms with E-state index in [1.807, 2.05) is 55.3 Å². The van der Waals surface area contributed by atoms with E-state index in [0.29, 0.717) is 5.56 Å². The van der Waals surface area contributed by atoms with Crippen molar-refractivity contribution in [1.82, 2.24) is 25.0 Å². The molecular weight excluding hydrogens is 397 g/mol. The van der Waals surface area contributed by atoms with Crippen LogP contribution in [-0.4, -0.2) is 51.8 Å². The van der Waals surface area contributed by atoms with Crippen LogP contribution in [0.5, 0.6) is 0 Å². The van der Waals surface area contributed by atoms with E-state index in [1.165, 1.54) is 0 Å². The Labute approximate surface area is 177 Å². The summed E-state index contributed by atoms with van der Waals surface area (Å²) < 4.78 is 1.76. The minimum Gasteiger partial charge on any atom is -0.337 e. The van der Waals surface area contributed by atoms with Crippen molar-refractivity contribution in [3.05, 3.63) is 47.7 Å². The molecule has 0 bridgehead atoms. The molecule has 150 valence electrons. The molecule has 1 amide bonds. The number of nitrogens with zero attached hydrogens (tertiary/aromatic N) is 4. The Hall–Kier alpha value is -2.15. The van der Waals surface area contributed by atoms with Crippen LogP contribution in [0.15, 0.2) is 36.4 Å². The van der Waals surface area contributed by atoms with E-state index < -0.39 is 0 Å². The van der Waals surface area contributed by atoms with E-state index in [9.17, 15) is 4.79 Å². The lowest BCUT2D eigenvalue weighted by Gasteiger charge is -2.21. The van der Waals surface area contributed by atoms with E-state index in [4.69, 9.17) is 4.98 Å². The van der Waals surface area contributed by atoms with Gasteiger partial charge in [-0.2, -0.15) is 5.10 Å². The summed E-state index contributed by atoms with van der Waals surface area (Å²) in [6.07, 6.45) is 0.970. The third-order valence-corrected chi connectivity index (χ3v) is 4.90. The molecule has 0 saturated carbocycles. The highest BCUT2D eigenvalue weighted by Crippen LogP contribution is 2.27. The van der Waals surface area contributed by atoms with Crippen LogP contribution in [0.25, 0.3) is 22.3 Å². The first kappa shape index (κ1) is 22.1. The lowest BCUT2D eigenvalue weighted by molar-refractivity contribution is 0.0768. The Morgan fingerprint density at radius 3 is 2.61 bits per heavy atom. The number of aryl methyl sites for hydroxylation is 2. The summed E-state index contributed by atoms with van der Waals surface area (Å²) in [5.74, 6) is 0.0642. The zero-order valence-corrected chi connectivity index (χ0v) is 17.6. The molecule has 0 unspecified atom stereocenters. The molecule has 2 aromatic heterocycles. The highest BCUT2D eigenvalue weighted by atomic mass is 35.5. The Balaban J connectivity index is 0.00000140. The minimum absolute atomic E-state index is 0. The first-order valence-electron chi connectivity index (χ1n) is 9.05. The van der Waals surface area contributed by atoms with Crippen molar-refractivity contribution in [1.29, 1.82) is 0 Å². The first-order chi connectivity index (χ1) is 12.6. The quantitative estimate of drug-likeness (QED) is 0.689. The molecule has 3 aromatic rings. The molecule has 1 N–H and O–H groups in total. The van der Waals surface area contributed by atoms with Gasteiger partial charge < -0.3 is 10.2 Å². The van der Waals surface area contributed by atoms with Crippen molar-refractivity contribution >= 4 is 41.8 Å². The molecule has 0 radical (unpaired) electrons. The van der Waals surface area contributed by atoms with Crippen LogP contribution in [0.4, 0.5) is 0 Å². The molecule has 0 spiro atoms. The summed E-state index contributed by atoms with van der Waals surface area (Å²) in [6, 6.07) is 11.9. The van der Waals surface area contributed by atoms with Gasteiger partial charge in [-0.1, -0.05) is 30.3 Å². The fourth-order valence-electron chi connectivity index (χ4n) is 3.59. The standard InChI is InChI=1S/C20H23N5O.2ClH/c1-14-18-16(20(26)25-11-6-9-21-10-12-25)13-17(15-7-4-3-5-8-15)22-19(18)24(2)23-14;;/h3-5,7-8,13,21H,6,9-12H2,1-2H3;2*1H. The van der Waals surface area contributed by atoms with Crippen LogP contribution in [0.2, 0.25) is 0 Å². The van der Waals surface area contributed by atoms with Crippen LogP contribution >= 0.6 is 24.8 Å². The van der Waals surface area contributed by atoms with Crippen molar-refractivity contribution in [2.75, 3.05) is 26.2 Å². The molecule has 1 aliphatic heterocycles. The summed E-state index contributed by atoms with van der Waals surface area (Å²) in [4.78, 5) is 20.1. The topological polar surface area (TPSA) is 63.1 Å². The lowest BCUT2D eigenvalue weighted by Crippen LogP contribution is -2.34. The van der Waals surface area contributed by atoms with Crippen LogP contribution < -0.4 is 5.32 Å². The van der Waals surface area contributed by atoms with Crippen LogP contribution in [0.1, 0.15) is 22.5 Å². The van der Waals surface area contributed by atoms with Gasteiger partial charge in [-0.3, -0.25) is 9.48 Å². The second kappa shape index (κ2) is 9.37. The van der Waals surface area contributed by atoms with Crippen molar-refractivity contribution in [2.24, 2.45) is 7.05 Å². The fourth-order valence-corrected chi connectivity index (χ4v) is 3.59. The van der Waals surface area contributed by atoms with E-state index in [2.05, 4.69) is 10.4 Å². The van der Waals surface area contributed by atoms with E-state index >= 15 is 0 Å². The van der Waals surface area contributed by atoms with Gasteiger partial charge in [0.25, 0.3) is 5.91 Å². The molecule has 6 nitrogen and oxygen atoms in total. The number of rotatable bonds is 2. The predicted molar refractivity (Wildman–Crippen MR) is 117 cm³/mol. The van der Waals surface area contributed by atoms with Crippen LogP contribution in [0, 0.1) is 6.92 Å². The number of fused-ring (bicyclic) bond motifs is 1. The zero-order valence-electron chi connectivity index (χ0n) is 16.0. The average Bonchev–Trinajstić information content (AvgIpc) is 2.86. The maximum Gasteiger partial charge on any atom is 0.254 e. The predicted octanol–water partition coefficient (Wildman–Crippen LogP) is 3.22. The van der Waals surface area contributed by atoms with Gasteiger partial charge >= 0.3 is 0 Å². The van der Waals surface area contributed by atoms with Crippen molar-refractivity contribution in [2.45, 2.75) is 13.3 Å². The van der Waals surface area contributed by atoms with Gasteiger partial charge in [-0.25, -0.2) is 4.98 Å². The minimum atomic E-state index is 0. The highest BCUT2D eigenvalue weighted by molar-refractivity contribution is 6.07. The van der Waals surface area contributed by atoms with Crippen molar-refractivity contribution < 1.29 is 4.79 Å². The molecular formula is C20H25Cl2N5O. The fraction of sp³-hybridized carbons (Fsp3) is 0.350. The molecule has 0 atom stereocenters. The van der Waals surface area contributed by atoms with E-state index in [1.54, 1.807) is 4.68 Å². The molecule has 8 heteroatoms. The maximum atomic E-state index is 13.3. The third kappa shape index (κ3) is 4.14. The molecule has 4 rings (SSSR count). The first-order valence-corrected chi connectivity index (χ1v) is 9.05. The Morgan fingerprint density at radius 2 is 1.86 bits per heavy atom. The van der Waals surface area contributed by atoms with Gasteiger partial charge in [0.15, 0.2) is 5.65 Å². The van der Waals surface area contributed by atoms with Gasteiger partial charge in [0.1, 0.15) is 0 Å².